The molecule has 0 saturated heterocycles. The number of carbonyl (C=O) groups excluding carboxylic acids is 1. The van der Waals surface area contributed by atoms with Gasteiger partial charge in [-0.05, 0) is 23.9 Å². The van der Waals surface area contributed by atoms with Gasteiger partial charge in [-0.3, -0.25) is 4.79 Å². The summed E-state index contributed by atoms with van der Waals surface area (Å²) in [5.74, 6) is 0. The van der Waals surface area contributed by atoms with Crippen LogP contribution in [0.3, 0.4) is 0 Å². The normalized spacial score (nSPS) is 9.30. The van der Waals surface area contributed by atoms with Crippen LogP contribution in [0.25, 0.3) is 0 Å². The van der Waals surface area contributed by atoms with E-state index >= 15 is 0 Å². The summed E-state index contributed by atoms with van der Waals surface area (Å²) in [5, 5.41) is 0. The molecule has 0 atom stereocenters. The van der Waals surface area contributed by atoms with Crippen LogP contribution >= 0.6 is 34.4 Å². The molecule has 0 aromatic heterocycles. The van der Waals surface area contributed by atoms with Crippen molar-refractivity contribution in [1.82, 2.24) is 0 Å². The fourth-order valence-electron chi connectivity index (χ4n) is 0.581. The Hall–Kier alpha value is -0.0300. The summed E-state index contributed by atoms with van der Waals surface area (Å²) in [4.78, 5) is 11.6. The third kappa shape index (κ3) is 2.70. The molecule has 3 heteroatoms. The number of rotatable bonds is 1. The second kappa shape index (κ2) is 3.98. The van der Waals surface area contributed by atoms with Crippen LogP contribution in [0, 0.1) is 0 Å². The number of halogens is 1. The second-order valence-corrected chi connectivity index (χ2v) is 4.41. The maximum atomic E-state index is 10.6. The third-order valence-corrected chi connectivity index (χ3v) is 2.27. The molecule has 10 heavy (non-hydrogen) atoms. The highest BCUT2D eigenvalue weighted by atomic mass is 127. The summed E-state index contributed by atoms with van der Waals surface area (Å²) in [6, 6.07) is 9.61. The van der Waals surface area contributed by atoms with Gasteiger partial charge in [-0.1, -0.05) is 18.2 Å². The van der Waals surface area contributed by atoms with E-state index in [9.17, 15) is 4.79 Å². The first kappa shape index (κ1) is 8.07. The van der Waals surface area contributed by atoms with Crippen LogP contribution in [-0.2, 0) is 0 Å². The summed E-state index contributed by atoms with van der Waals surface area (Å²) in [7, 11) is 0. The molecule has 1 nitrogen and oxygen atoms in total. The topological polar surface area (TPSA) is 17.1 Å². The fourth-order valence-corrected chi connectivity index (χ4v) is 1.82. The molecule has 0 spiro atoms. The van der Waals surface area contributed by atoms with Gasteiger partial charge in [0.15, 0.2) is 0 Å². The number of hydrogen-bond donors (Lipinski definition) is 0. The molecule has 0 heterocycles. The van der Waals surface area contributed by atoms with Crippen molar-refractivity contribution in [2.75, 3.05) is 0 Å². The van der Waals surface area contributed by atoms with Crippen molar-refractivity contribution in [1.29, 1.82) is 0 Å². The van der Waals surface area contributed by atoms with Crippen LogP contribution in [-0.4, -0.2) is 3.12 Å². The number of thioether (sulfide) groups is 1. The van der Waals surface area contributed by atoms with E-state index in [1.807, 2.05) is 30.3 Å². The van der Waals surface area contributed by atoms with Gasteiger partial charge in [0.2, 0.25) is 0 Å². The van der Waals surface area contributed by atoms with Crippen LogP contribution in [0.2, 0.25) is 0 Å². The summed E-state index contributed by atoms with van der Waals surface area (Å²) in [6.07, 6.45) is 0. The van der Waals surface area contributed by atoms with Crippen LogP contribution in [0.1, 0.15) is 0 Å². The van der Waals surface area contributed by atoms with Gasteiger partial charge in [0.25, 0.3) is 3.12 Å². The molecule has 0 unspecified atom stereocenters. The lowest BCUT2D eigenvalue weighted by Crippen LogP contribution is -1.71. The predicted octanol–water partition coefficient (Wildman–Crippen LogP) is 3.33. The van der Waals surface area contributed by atoms with Crippen LogP contribution in [0.15, 0.2) is 35.2 Å². The first-order valence-corrected chi connectivity index (χ1v) is 4.61. The molecule has 1 aromatic rings. The van der Waals surface area contributed by atoms with Crippen molar-refractivity contribution in [2.45, 2.75) is 4.90 Å². The van der Waals surface area contributed by atoms with Crippen molar-refractivity contribution in [3.63, 3.8) is 0 Å². The molecule has 0 saturated carbocycles. The minimum atomic E-state index is 0.101. The number of benzene rings is 1. The van der Waals surface area contributed by atoms with Crippen LogP contribution in [0.4, 0.5) is 4.79 Å². The first-order valence-electron chi connectivity index (χ1n) is 2.71. The molecule has 52 valence electrons. The van der Waals surface area contributed by atoms with Gasteiger partial charge in [-0.15, -0.1) is 0 Å². The highest BCUT2D eigenvalue weighted by Crippen LogP contribution is 2.21. The Kier molecular flexibility index (Phi) is 3.21. The molecule has 0 bridgehead atoms. The van der Waals surface area contributed by atoms with Crippen molar-refractivity contribution in [2.24, 2.45) is 0 Å². The minimum absolute atomic E-state index is 0.101. The maximum Gasteiger partial charge on any atom is 0.253 e. The average Bonchev–Trinajstić information content (AvgIpc) is 1.88. The van der Waals surface area contributed by atoms with E-state index in [1.165, 1.54) is 11.8 Å². The number of carbonyl (C=O) groups is 1. The van der Waals surface area contributed by atoms with Crippen LogP contribution < -0.4 is 0 Å². The largest absolute Gasteiger partial charge is 0.275 e. The highest BCUT2D eigenvalue weighted by molar-refractivity contribution is 14.1. The SMILES string of the molecule is O=C(I)Sc1ccccc1. The molecule has 1 aromatic carbocycles. The standard InChI is InChI=1S/C7H5IOS/c8-7(9)10-6-4-2-1-3-5-6/h1-5H. The third-order valence-electron chi connectivity index (χ3n) is 0.941. The Morgan fingerprint density at radius 2 is 1.90 bits per heavy atom. The van der Waals surface area contributed by atoms with Gasteiger partial charge < -0.3 is 0 Å². The van der Waals surface area contributed by atoms with Gasteiger partial charge in [-0.2, -0.15) is 0 Å². The van der Waals surface area contributed by atoms with Gasteiger partial charge in [0, 0.05) is 27.5 Å². The molecular formula is C7H5IOS. The Morgan fingerprint density at radius 1 is 1.30 bits per heavy atom. The van der Waals surface area contributed by atoms with Gasteiger partial charge in [0.1, 0.15) is 0 Å². The zero-order valence-corrected chi connectivity index (χ0v) is 8.06. The van der Waals surface area contributed by atoms with Crippen molar-refractivity contribution < 1.29 is 4.79 Å². The van der Waals surface area contributed by atoms with Crippen molar-refractivity contribution >= 4 is 37.5 Å². The Balaban J connectivity index is 2.67. The van der Waals surface area contributed by atoms with Crippen molar-refractivity contribution in [3.05, 3.63) is 30.3 Å². The Labute approximate surface area is 77.3 Å². The van der Waals surface area contributed by atoms with E-state index in [1.54, 1.807) is 22.6 Å². The molecule has 0 aliphatic heterocycles. The zero-order valence-electron chi connectivity index (χ0n) is 5.08. The van der Waals surface area contributed by atoms with Crippen molar-refractivity contribution in [3.8, 4) is 0 Å². The smallest absolute Gasteiger partial charge is 0.253 e. The summed E-state index contributed by atoms with van der Waals surface area (Å²) in [5.41, 5.74) is 0. The number of hydrogen-bond acceptors (Lipinski definition) is 2. The summed E-state index contributed by atoms with van der Waals surface area (Å²) >= 11 is 3.02. The first-order chi connectivity index (χ1) is 4.79. The van der Waals surface area contributed by atoms with Crippen LogP contribution in [0.5, 0.6) is 0 Å². The molecular weight excluding hydrogens is 259 g/mol. The molecule has 1 rings (SSSR count). The fraction of sp³-hybridized carbons (Fsp3) is 0. The van der Waals surface area contributed by atoms with E-state index in [4.69, 9.17) is 0 Å². The van der Waals surface area contributed by atoms with E-state index in [0.29, 0.717) is 0 Å². The lowest BCUT2D eigenvalue weighted by molar-refractivity contribution is 0.278. The Morgan fingerprint density at radius 3 is 2.40 bits per heavy atom. The quantitative estimate of drug-likeness (QED) is 0.439. The monoisotopic (exact) mass is 264 g/mol. The summed E-state index contributed by atoms with van der Waals surface area (Å²) < 4.78 is 0.101. The zero-order chi connectivity index (χ0) is 7.40. The average molecular weight is 264 g/mol. The molecule has 0 aliphatic carbocycles. The predicted molar refractivity (Wildman–Crippen MR) is 51.7 cm³/mol. The molecule has 0 amide bonds. The van der Waals surface area contributed by atoms with E-state index in [0.717, 1.165) is 4.90 Å². The highest BCUT2D eigenvalue weighted by Gasteiger charge is 1.96. The molecule has 0 fully saturated rings. The van der Waals surface area contributed by atoms with Gasteiger partial charge in [0.05, 0.1) is 0 Å². The Bertz CT molecular complexity index is 222. The molecule has 0 radical (unpaired) electrons. The lowest BCUT2D eigenvalue weighted by atomic mass is 10.4. The lowest BCUT2D eigenvalue weighted by Gasteiger charge is -1.91. The van der Waals surface area contributed by atoms with E-state index < -0.39 is 0 Å². The maximum absolute atomic E-state index is 10.6. The van der Waals surface area contributed by atoms with E-state index in [-0.39, 0.29) is 3.12 Å². The van der Waals surface area contributed by atoms with Gasteiger partial charge >= 0.3 is 0 Å². The second-order valence-electron chi connectivity index (χ2n) is 1.65. The molecule has 0 aliphatic rings. The molecule has 0 N–H and O–H groups in total. The van der Waals surface area contributed by atoms with Gasteiger partial charge in [-0.25, -0.2) is 0 Å². The minimum Gasteiger partial charge on any atom is -0.275 e. The summed E-state index contributed by atoms with van der Waals surface area (Å²) in [6.45, 7) is 0. The van der Waals surface area contributed by atoms with E-state index in [2.05, 4.69) is 0 Å².